The Morgan fingerprint density at radius 3 is 2.50 bits per heavy atom. The van der Waals surface area contributed by atoms with Crippen LogP contribution >= 0.6 is 0 Å². The molecule has 0 saturated carbocycles. The van der Waals surface area contributed by atoms with Gasteiger partial charge in [-0.05, 0) is 31.9 Å². The highest BCUT2D eigenvalue weighted by atomic mass is 15.3. The number of benzene rings is 1. The van der Waals surface area contributed by atoms with Crippen molar-refractivity contribution in [3.63, 3.8) is 0 Å². The van der Waals surface area contributed by atoms with Crippen LogP contribution in [-0.2, 0) is 13.0 Å². The summed E-state index contributed by atoms with van der Waals surface area (Å²) in [7, 11) is 1.79. The Hall–Kier alpha value is -2.30. The number of guanidine groups is 1. The highest BCUT2D eigenvalue weighted by Crippen LogP contribution is 2.08. The summed E-state index contributed by atoms with van der Waals surface area (Å²) in [6.45, 7) is 6.76. The quantitative estimate of drug-likeness (QED) is 0.633. The molecule has 0 aliphatic heterocycles. The molecule has 0 aliphatic carbocycles. The summed E-state index contributed by atoms with van der Waals surface area (Å²) < 4.78 is 1.90. The van der Waals surface area contributed by atoms with Gasteiger partial charge in [0, 0.05) is 32.5 Å². The molecule has 0 aliphatic rings. The number of hydrogen-bond acceptors (Lipinski definition) is 2. The molecule has 22 heavy (non-hydrogen) atoms. The first-order chi connectivity index (χ1) is 10.7. The Morgan fingerprint density at radius 2 is 1.86 bits per heavy atom. The molecule has 5 heteroatoms. The summed E-state index contributed by atoms with van der Waals surface area (Å²) in [5.41, 5.74) is 3.99. The number of nitrogens with zero attached hydrogens (tertiary/aromatic N) is 3. The molecule has 0 amide bonds. The first kappa shape index (κ1) is 16.1. The van der Waals surface area contributed by atoms with Crippen LogP contribution in [0.15, 0.2) is 41.7 Å². The Labute approximate surface area is 132 Å². The van der Waals surface area contributed by atoms with Gasteiger partial charge in [0.1, 0.15) is 0 Å². The van der Waals surface area contributed by atoms with Crippen LogP contribution in [0.1, 0.15) is 16.7 Å². The number of aryl methyl sites for hydroxylation is 2. The van der Waals surface area contributed by atoms with Crippen molar-refractivity contribution in [3.8, 4) is 0 Å². The van der Waals surface area contributed by atoms with Crippen LogP contribution in [0, 0.1) is 13.8 Å². The van der Waals surface area contributed by atoms with Crippen LogP contribution in [0.5, 0.6) is 0 Å². The molecule has 0 saturated heterocycles. The Bertz CT molecular complexity index is 581. The summed E-state index contributed by atoms with van der Waals surface area (Å²) in [4.78, 5) is 4.24. The summed E-state index contributed by atoms with van der Waals surface area (Å²) in [5, 5.41) is 10.8. The van der Waals surface area contributed by atoms with E-state index >= 15 is 0 Å². The zero-order valence-electron chi connectivity index (χ0n) is 13.6. The van der Waals surface area contributed by atoms with E-state index in [0.29, 0.717) is 0 Å². The minimum atomic E-state index is 0.797. The van der Waals surface area contributed by atoms with Gasteiger partial charge in [-0.1, -0.05) is 29.3 Å². The molecule has 1 aromatic heterocycles. The minimum absolute atomic E-state index is 0.797. The first-order valence-electron chi connectivity index (χ1n) is 7.66. The standard InChI is InChI=1S/C17H25N5/c1-14-11-15(2)13-16(12-14)5-7-19-17(18-3)20-8-10-22-9-4-6-21-22/h4,6,9,11-13H,5,7-8,10H2,1-3H3,(H2,18,19,20). The van der Waals surface area contributed by atoms with Crippen LogP contribution in [0.25, 0.3) is 0 Å². The topological polar surface area (TPSA) is 54.2 Å². The van der Waals surface area contributed by atoms with Gasteiger partial charge in [0.25, 0.3) is 0 Å². The molecule has 0 radical (unpaired) electrons. The molecule has 2 aromatic rings. The van der Waals surface area contributed by atoms with E-state index in [0.717, 1.165) is 32.0 Å². The number of nitrogens with one attached hydrogen (secondary N) is 2. The lowest BCUT2D eigenvalue weighted by Crippen LogP contribution is -2.39. The van der Waals surface area contributed by atoms with Crippen molar-refractivity contribution < 1.29 is 0 Å². The molecule has 0 fully saturated rings. The van der Waals surface area contributed by atoms with E-state index in [1.54, 1.807) is 13.2 Å². The van der Waals surface area contributed by atoms with E-state index in [1.165, 1.54) is 16.7 Å². The third kappa shape index (κ3) is 5.24. The molecule has 2 N–H and O–H groups in total. The first-order valence-corrected chi connectivity index (χ1v) is 7.66. The van der Waals surface area contributed by atoms with Crippen molar-refractivity contribution in [2.24, 2.45) is 4.99 Å². The maximum Gasteiger partial charge on any atom is 0.191 e. The van der Waals surface area contributed by atoms with Crippen LogP contribution in [-0.4, -0.2) is 35.9 Å². The van der Waals surface area contributed by atoms with Gasteiger partial charge < -0.3 is 10.6 Å². The Balaban J connectivity index is 1.72. The number of aliphatic imine (C=N–C) groups is 1. The van der Waals surface area contributed by atoms with Crippen LogP contribution in [0.4, 0.5) is 0 Å². The molecular formula is C17H25N5. The zero-order chi connectivity index (χ0) is 15.8. The molecule has 2 rings (SSSR count). The molecule has 0 spiro atoms. The van der Waals surface area contributed by atoms with E-state index in [-0.39, 0.29) is 0 Å². The van der Waals surface area contributed by atoms with Gasteiger partial charge >= 0.3 is 0 Å². The zero-order valence-corrected chi connectivity index (χ0v) is 13.6. The Morgan fingerprint density at radius 1 is 1.14 bits per heavy atom. The predicted octanol–water partition coefficient (Wildman–Crippen LogP) is 1.91. The fourth-order valence-corrected chi connectivity index (χ4v) is 2.48. The monoisotopic (exact) mass is 299 g/mol. The van der Waals surface area contributed by atoms with Crippen molar-refractivity contribution in [3.05, 3.63) is 53.3 Å². The van der Waals surface area contributed by atoms with Crippen molar-refractivity contribution >= 4 is 5.96 Å². The van der Waals surface area contributed by atoms with E-state index in [9.17, 15) is 0 Å². The molecule has 5 nitrogen and oxygen atoms in total. The van der Waals surface area contributed by atoms with Crippen LogP contribution < -0.4 is 10.6 Å². The number of aromatic nitrogens is 2. The van der Waals surface area contributed by atoms with Crippen molar-refractivity contribution in [2.45, 2.75) is 26.8 Å². The second-order valence-corrected chi connectivity index (χ2v) is 5.44. The maximum atomic E-state index is 4.24. The van der Waals surface area contributed by atoms with Gasteiger partial charge in [0.2, 0.25) is 0 Å². The lowest BCUT2D eigenvalue weighted by Gasteiger charge is -2.12. The second kappa shape index (κ2) is 8.22. The summed E-state index contributed by atoms with van der Waals surface area (Å²) >= 11 is 0. The molecular weight excluding hydrogens is 274 g/mol. The molecule has 0 unspecified atom stereocenters. The summed E-state index contributed by atoms with van der Waals surface area (Å²) in [6, 6.07) is 8.61. The van der Waals surface area contributed by atoms with E-state index in [1.807, 2.05) is 16.9 Å². The average molecular weight is 299 g/mol. The highest BCUT2D eigenvalue weighted by Gasteiger charge is 1.99. The predicted molar refractivity (Wildman–Crippen MR) is 91.2 cm³/mol. The average Bonchev–Trinajstić information content (AvgIpc) is 2.98. The van der Waals surface area contributed by atoms with Gasteiger partial charge in [-0.3, -0.25) is 9.67 Å². The normalized spacial score (nSPS) is 11.5. The third-order valence-corrected chi connectivity index (χ3v) is 3.40. The lowest BCUT2D eigenvalue weighted by molar-refractivity contribution is 0.598. The van der Waals surface area contributed by atoms with Gasteiger partial charge in [-0.25, -0.2) is 0 Å². The molecule has 118 valence electrons. The summed E-state index contributed by atoms with van der Waals surface area (Å²) in [6.07, 6.45) is 4.73. The molecule has 0 atom stereocenters. The van der Waals surface area contributed by atoms with E-state index in [4.69, 9.17) is 0 Å². The van der Waals surface area contributed by atoms with Crippen molar-refractivity contribution in [2.75, 3.05) is 20.1 Å². The van der Waals surface area contributed by atoms with Crippen molar-refractivity contribution in [1.29, 1.82) is 0 Å². The highest BCUT2D eigenvalue weighted by molar-refractivity contribution is 5.79. The molecule has 1 aromatic carbocycles. The van der Waals surface area contributed by atoms with Gasteiger partial charge in [-0.2, -0.15) is 5.10 Å². The SMILES string of the molecule is CN=C(NCCc1cc(C)cc(C)c1)NCCn1cccn1. The smallest absolute Gasteiger partial charge is 0.191 e. The molecule has 0 bridgehead atoms. The van der Waals surface area contributed by atoms with Crippen LogP contribution in [0.2, 0.25) is 0 Å². The maximum absolute atomic E-state index is 4.24. The Kier molecular flexibility index (Phi) is 6.01. The fraction of sp³-hybridized carbons (Fsp3) is 0.412. The largest absolute Gasteiger partial charge is 0.356 e. The minimum Gasteiger partial charge on any atom is -0.356 e. The molecule has 1 heterocycles. The van der Waals surface area contributed by atoms with Gasteiger partial charge in [0.15, 0.2) is 5.96 Å². The fourth-order valence-electron chi connectivity index (χ4n) is 2.48. The van der Waals surface area contributed by atoms with E-state index in [2.05, 4.69) is 52.8 Å². The lowest BCUT2D eigenvalue weighted by atomic mass is 10.1. The van der Waals surface area contributed by atoms with Crippen molar-refractivity contribution in [1.82, 2.24) is 20.4 Å². The van der Waals surface area contributed by atoms with Gasteiger partial charge in [0.05, 0.1) is 6.54 Å². The third-order valence-electron chi connectivity index (χ3n) is 3.40. The second-order valence-electron chi connectivity index (χ2n) is 5.44. The number of rotatable bonds is 6. The summed E-state index contributed by atoms with van der Waals surface area (Å²) in [5.74, 6) is 0.830. The van der Waals surface area contributed by atoms with E-state index < -0.39 is 0 Å². The van der Waals surface area contributed by atoms with Crippen LogP contribution in [0.3, 0.4) is 0 Å². The number of hydrogen-bond donors (Lipinski definition) is 2. The van der Waals surface area contributed by atoms with Gasteiger partial charge in [-0.15, -0.1) is 0 Å².